The summed E-state index contributed by atoms with van der Waals surface area (Å²) in [6.45, 7) is 0. The molecule has 0 fully saturated rings. The minimum absolute atomic E-state index is 0.0369. The predicted molar refractivity (Wildman–Crippen MR) is 54.9 cm³/mol. The monoisotopic (exact) mass is 269 g/mol. The number of aromatic nitrogens is 1. The molecule has 0 aliphatic carbocycles. The molecule has 7 heteroatoms. The standard InChI is InChI=1S/C9H7Cl2F2NO2/c1-16-7(15)3-6-5(10)2-4(9(12)13)8(11)14-6/h2,9H,3H2,1H3. The molecule has 0 spiro atoms. The van der Waals surface area contributed by atoms with E-state index in [1.54, 1.807) is 0 Å². The van der Waals surface area contributed by atoms with Gasteiger partial charge in [0.05, 0.1) is 29.8 Å². The maximum Gasteiger partial charge on any atom is 0.311 e. The number of nitrogens with zero attached hydrogens (tertiary/aromatic N) is 1. The van der Waals surface area contributed by atoms with E-state index >= 15 is 0 Å². The summed E-state index contributed by atoms with van der Waals surface area (Å²) in [4.78, 5) is 14.6. The SMILES string of the molecule is COC(=O)Cc1nc(Cl)c(C(F)F)cc1Cl. The van der Waals surface area contributed by atoms with Crippen LogP contribution in [0.5, 0.6) is 0 Å². The fourth-order valence-electron chi connectivity index (χ4n) is 1.00. The van der Waals surface area contributed by atoms with Crippen LogP contribution in [-0.4, -0.2) is 18.1 Å². The van der Waals surface area contributed by atoms with Gasteiger partial charge in [0.2, 0.25) is 0 Å². The molecule has 1 aromatic rings. The molecule has 0 amide bonds. The molecule has 88 valence electrons. The van der Waals surface area contributed by atoms with E-state index in [0.29, 0.717) is 0 Å². The summed E-state index contributed by atoms with van der Waals surface area (Å²) in [5.41, 5.74) is -0.344. The minimum Gasteiger partial charge on any atom is -0.469 e. The number of rotatable bonds is 3. The first kappa shape index (κ1) is 13.1. The fourth-order valence-corrected chi connectivity index (χ4v) is 1.47. The second-order valence-corrected chi connectivity index (χ2v) is 3.62. The molecule has 0 N–H and O–H groups in total. The topological polar surface area (TPSA) is 39.2 Å². The third-order valence-electron chi connectivity index (χ3n) is 1.80. The first-order valence-corrected chi connectivity index (χ1v) is 4.91. The van der Waals surface area contributed by atoms with Crippen LogP contribution in [-0.2, 0) is 16.0 Å². The van der Waals surface area contributed by atoms with Crippen molar-refractivity contribution < 1.29 is 18.3 Å². The lowest BCUT2D eigenvalue weighted by Gasteiger charge is -2.07. The second-order valence-electron chi connectivity index (χ2n) is 2.85. The van der Waals surface area contributed by atoms with Crippen LogP contribution in [0.1, 0.15) is 17.7 Å². The Balaban J connectivity index is 3.05. The van der Waals surface area contributed by atoms with Gasteiger partial charge in [-0.05, 0) is 6.07 Å². The number of methoxy groups -OCH3 is 1. The molecule has 3 nitrogen and oxygen atoms in total. The zero-order chi connectivity index (χ0) is 12.3. The summed E-state index contributed by atoms with van der Waals surface area (Å²) in [5, 5.41) is -0.400. The number of carbonyl (C=O) groups is 1. The molecule has 0 saturated heterocycles. The smallest absolute Gasteiger partial charge is 0.311 e. The summed E-state index contributed by atoms with van der Waals surface area (Å²) in [5.74, 6) is -0.574. The Bertz CT molecular complexity index is 413. The van der Waals surface area contributed by atoms with Gasteiger partial charge in [0.1, 0.15) is 5.15 Å². The number of carbonyl (C=O) groups excluding carboxylic acids is 1. The summed E-state index contributed by atoms with van der Waals surface area (Å²) < 4.78 is 29.2. The van der Waals surface area contributed by atoms with E-state index in [1.165, 1.54) is 7.11 Å². The highest BCUT2D eigenvalue weighted by molar-refractivity contribution is 6.33. The van der Waals surface area contributed by atoms with E-state index in [0.717, 1.165) is 6.07 Å². The first-order chi connectivity index (χ1) is 7.45. The molecule has 0 bridgehead atoms. The molecule has 0 aromatic carbocycles. The molecule has 1 aromatic heterocycles. The maximum atomic E-state index is 12.4. The van der Waals surface area contributed by atoms with E-state index in [1.807, 2.05) is 0 Å². The quantitative estimate of drug-likeness (QED) is 0.626. The molecule has 1 rings (SSSR count). The number of halogens is 4. The predicted octanol–water partition coefficient (Wildman–Crippen LogP) is 3.04. The van der Waals surface area contributed by atoms with Crippen LogP contribution in [0.4, 0.5) is 8.78 Å². The minimum atomic E-state index is -2.76. The molecule has 0 aliphatic heterocycles. The van der Waals surface area contributed by atoms with Gasteiger partial charge in [0, 0.05) is 0 Å². The third-order valence-corrected chi connectivity index (χ3v) is 2.43. The van der Waals surface area contributed by atoms with Crippen LogP contribution in [0.2, 0.25) is 10.2 Å². The van der Waals surface area contributed by atoms with Crippen LogP contribution in [0.15, 0.2) is 6.07 Å². The van der Waals surface area contributed by atoms with Gasteiger partial charge in [-0.15, -0.1) is 0 Å². The van der Waals surface area contributed by atoms with Crippen molar-refractivity contribution in [1.29, 1.82) is 0 Å². The van der Waals surface area contributed by atoms with Crippen LogP contribution in [0, 0.1) is 0 Å². The Morgan fingerprint density at radius 1 is 1.56 bits per heavy atom. The molecule has 0 unspecified atom stereocenters. The highest BCUT2D eigenvalue weighted by atomic mass is 35.5. The largest absolute Gasteiger partial charge is 0.469 e. The van der Waals surface area contributed by atoms with E-state index in [-0.39, 0.29) is 22.3 Å². The lowest BCUT2D eigenvalue weighted by molar-refractivity contribution is -0.139. The van der Waals surface area contributed by atoms with Crippen molar-refractivity contribution in [2.45, 2.75) is 12.8 Å². The molecule has 16 heavy (non-hydrogen) atoms. The summed E-state index contributed by atoms with van der Waals surface area (Å²) >= 11 is 11.2. The molecule has 0 radical (unpaired) electrons. The second kappa shape index (κ2) is 5.41. The lowest BCUT2D eigenvalue weighted by atomic mass is 10.2. The Kier molecular flexibility index (Phi) is 4.44. The van der Waals surface area contributed by atoms with Crippen LogP contribution in [0.25, 0.3) is 0 Å². The Hall–Kier alpha value is -0.940. The van der Waals surface area contributed by atoms with Gasteiger partial charge in [-0.3, -0.25) is 4.79 Å². The highest BCUT2D eigenvalue weighted by Gasteiger charge is 2.18. The number of ether oxygens (including phenoxy) is 1. The molecular formula is C9H7Cl2F2NO2. The fraction of sp³-hybridized carbons (Fsp3) is 0.333. The first-order valence-electron chi connectivity index (χ1n) is 4.15. The van der Waals surface area contributed by atoms with E-state index in [4.69, 9.17) is 23.2 Å². The zero-order valence-electron chi connectivity index (χ0n) is 8.14. The summed E-state index contributed by atoms with van der Waals surface area (Å²) in [7, 11) is 1.20. The van der Waals surface area contributed by atoms with Gasteiger partial charge in [0.15, 0.2) is 0 Å². The van der Waals surface area contributed by atoms with Gasteiger partial charge in [0.25, 0.3) is 6.43 Å². The van der Waals surface area contributed by atoms with Gasteiger partial charge in [-0.1, -0.05) is 23.2 Å². The molecule has 1 heterocycles. The third kappa shape index (κ3) is 3.02. The average Bonchev–Trinajstić information content (AvgIpc) is 2.22. The van der Waals surface area contributed by atoms with Crippen LogP contribution < -0.4 is 0 Å². The van der Waals surface area contributed by atoms with Gasteiger partial charge >= 0.3 is 5.97 Å². The number of alkyl halides is 2. The van der Waals surface area contributed by atoms with Gasteiger partial charge < -0.3 is 4.74 Å². The van der Waals surface area contributed by atoms with Crippen molar-refractivity contribution in [2.24, 2.45) is 0 Å². The Labute approximate surface area is 100 Å². The van der Waals surface area contributed by atoms with E-state index in [2.05, 4.69) is 9.72 Å². The zero-order valence-corrected chi connectivity index (χ0v) is 9.65. The van der Waals surface area contributed by atoms with Crippen molar-refractivity contribution >= 4 is 29.2 Å². The van der Waals surface area contributed by atoms with Crippen molar-refractivity contribution in [1.82, 2.24) is 4.98 Å². The van der Waals surface area contributed by atoms with Crippen molar-refractivity contribution in [3.05, 3.63) is 27.5 Å². The lowest BCUT2D eigenvalue weighted by Crippen LogP contribution is -2.07. The highest BCUT2D eigenvalue weighted by Crippen LogP contribution is 2.29. The molecule has 0 atom stereocenters. The number of hydrogen-bond donors (Lipinski definition) is 0. The van der Waals surface area contributed by atoms with E-state index in [9.17, 15) is 13.6 Å². The maximum absolute atomic E-state index is 12.4. The average molecular weight is 270 g/mol. The van der Waals surface area contributed by atoms with Crippen LogP contribution in [0.3, 0.4) is 0 Å². The van der Waals surface area contributed by atoms with Crippen LogP contribution >= 0.6 is 23.2 Å². The van der Waals surface area contributed by atoms with Crippen molar-refractivity contribution in [2.75, 3.05) is 7.11 Å². The van der Waals surface area contributed by atoms with Gasteiger partial charge in [-0.25, -0.2) is 13.8 Å². The molecule has 0 aliphatic rings. The van der Waals surface area contributed by atoms with E-state index < -0.39 is 18.0 Å². The Morgan fingerprint density at radius 3 is 2.69 bits per heavy atom. The van der Waals surface area contributed by atoms with Gasteiger partial charge in [-0.2, -0.15) is 0 Å². The molecular weight excluding hydrogens is 263 g/mol. The summed E-state index contributed by atoms with van der Waals surface area (Å²) in [6, 6.07) is 1.000. The normalized spacial score (nSPS) is 10.6. The number of hydrogen-bond acceptors (Lipinski definition) is 3. The molecule has 0 saturated carbocycles. The van der Waals surface area contributed by atoms with Crippen molar-refractivity contribution in [3.8, 4) is 0 Å². The number of pyridine rings is 1. The Morgan fingerprint density at radius 2 is 2.19 bits per heavy atom. The van der Waals surface area contributed by atoms with Crippen molar-refractivity contribution in [3.63, 3.8) is 0 Å². The summed E-state index contributed by atoms with van der Waals surface area (Å²) in [6.07, 6.45) is -2.97. The number of esters is 1.